The lowest BCUT2D eigenvalue weighted by molar-refractivity contribution is 0.0520. The molecule has 1 fully saturated rings. The van der Waals surface area contributed by atoms with Gasteiger partial charge in [-0.1, -0.05) is 26.2 Å². The van der Waals surface area contributed by atoms with Gasteiger partial charge in [0, 0.05) is 13.2 Å². The van der Waals surface area contributed by atoms with Crippen molar-refractivity contribution < 1.29 is 4.74 Å². The van der Waals surface area contributed by atoms with Crippen molar-refractivity contribution in [3.63, 3.8) is 0 Å². The second-order valence-electron chi connectivity index (χ2n) is 4.58. The van der Waals surface area contributed by atoms with Crippen LogP contribution in [0.25, 0.3) is 0 Å². The average molecular weight is 226 g/mol. The van der Waals surface area contributed by atoms with Gasteiger partial charge < -0.3 is 10.5 Å². The molecule has 0 aromatic heterocycles. The van der Waals surface area contributed by atoms with Gasteiger partial charge in [-0.3, -0.25) is 4.99 Å². The second-order valence-corrected chi connectivity index (χ2v) is 4.58. The van der Waals surface area contributed by atoms with Crippen LogP contribution >= 0.6 is 0 Å². The van der Waals surface area contributed by atoms with Gasteiger partial charge in [-0.2, -0.15) is 0 Å². The largest absolute Gasteiger partial charge is 0.385 e. The summed E-state index contributed by atoms with van der Waals surface area (Å²) in [5.74, 6) is 1.31. The SMILES string of the molecule is CCCN=C(N)C(OCC)C1CCCCC1. The molecule has 1 saturated carbocycles. The number of nitrogens with zero attached hydrogens (tertiary/aromatic N) is 1. The van der Waals surface area contributed by atoms with Gasteiger partial charge in [0.05, 0.1) is 0 Å². The van der Waals surface area contributed by atoms with E-state index in [0.29, 0.717) is 5.92 Å². The summed E-state index contributed by atoms with van der Waals surface area (Å²) in [7, 11) is 0. The highest BCUT2D eigenvalue weighted by Gasteiger charge is 2.26. The van der Waals surface area contributed by atoms with Gasteiger partial charge in [-0.05, 0) is 32.1 Å². The van der Waals surface area contributed by atoms with E-state index < -0.39 is 0 Å². The highest BCUT2D eigenvalue weighted by Crippen LogP contribution is 2.28. The zero-order valence-electron chi connectivity index (χ0n) is 10.7. The topological polar surface area (TPSA) is 47.6 Å². The molecule has 0 aromatic rings. The Balaban J connectivity index is 2.56. The summed E-state index contributed by atoms with van der Waals surface area (Å²) in [6, 6.07) is 0. The summed E-state index contributed by atoms with van der Waals surface area (Å²) >= 11 is 0. The van der Waals surface area contributed by atoms with Gasteiger partial charge in [0.15, 0.2) is 0 Å². The van der Waals surface area contributed by atoms with Crippen molar-refractivity contribution in [2.45, 2.75) is 58.5 Å². The summed E-state index contributed by atoms with van der Waals surface area (Å²) in [5.41, 5.74) is 6.05. The third-order valence-corrected chi connectivity index (χ3v) is 3.23. The third kappa shape index (κ3) is 4.12. The molecule has 0 heterocycles. The van der Waals surface area contributed by atoms with Crippen molar-refractivity contribution in [3.05, 3.63) is 0 Å². The molecule has 0 spiro atoms. The van der Waals surface area contributed by atoms with E-state index in [0.717, 1.165) is 25.4 Å². The molecule has 0 saturated heterocycles. The molecule has 3 nitrogen and oxygen atoms in total. The summed E-state index contributed by atoms with van der Waals surface area (Å²) in [6.45, 7) is 5.70. The molecule has 1 aliphatic rings. The normalized spacial score (nSPS) is 21.0. The molecule has 0 aliphatic heterocycles. The summed E-state index contributed by atoms with van der Waals surface area (Å²) < 4.78 is 5.78. The summed E-state index contributed by atoms with van der Waals surface area (Å²) in [4.78, 5) is 4.41. The molecule has 1 atom stereocenters. The van der Waals surface area contributed by atoms with E-state index in [1.807, 2.05) is 6.92 Å². The molecule has 0 bridgehead atoms. The van der Waals surface area contributed by atoms with Crippen LogP contribution in [0.3, 0.4) is 0 Å². The molecule has 3 heteroatoms. The minimum absolute atomic E-state index is 0.0665. The molecule has 16 heavy (non-hydrogen) atoms. The quantitative estimate of drug-likeness (QED) is 0.559. The average Bonchev–Trinajstić information content (AvgIpc) is 2.34. The predicted octanol–water partition coefficient (Wildman–Crippen LogP) is 2.74. The monoisotopic (exact) mass is 226 g/mol. The van der Waals surface area contributed by atoms with Crippen LogP contribution in [0.1, 0.15) is 52.4 Å². The van der Waals surface area contributed by atoms with E-state index in [2.05, 4.69) is 11.9 Å². The number of ether oxygens (including phenoxy) is 1. The van der Waals surface area contributed by atoms with Crippen molar-refractivity contribution in [2.75, 3.05) is 13.2 Å². The first-order valence-corrected chi connectivity index (χ1v) is 6.71. The van der Waals surface area contributed by atoms with Gasteiger partial charge >= 0.3 is 0 Å². The first-order valence-electron chi connectivity index (χ1n) is 6.71. The molecular formula is C13H26N2O. The van der Waals surface area contributed by atoms with Crippen LogP contribution in [0, 0.1) is 5.92 Å². The first-order chi connectivity index (χ1) is 7.79. The van der Waals surface area contributed by atoms with Crippen LogP contribution in [0.4, 0.5) is 0 Å². The predicted molar refractivity (Wildman–Crippen MR) is 68.8 cm³/mol. The standard InChI is InChI=1S/C13H26N2O/c1-3-10-15-13(14)12(16-4-2)11-8-6-5-7-9-11/h11-12H,3-10H2,1-2H3,(H2,14,15). The summed E-state index contributed by atoms with van der Waals surface area (Å²) in [5, 5.41) is 0. The fourth-order valence-corrected chi connectivity index (χ4v) is 2.41. The van der Waals surface area contributed by atoms with Crippen molar-refractivity contribution in [2.24, 2.45) is 16.6 Å². The fraction of sp³-hybridized carbons (Fsp3) is 0.923. The Hall–Kier alpha value is -0.570. The Kier molecular flexibility index (Phi) is 6.46. The first kappa shape index (κ1) is 13.5. The van der Waals surface area contributed by atoms with Crippen molar-refractivity contribution in [1.82, 2.24) is 0 Å². The highest BCUT2D eigenvalue weighted by molar-refractivity contribution is 5.85. The van der Waals surface area contributed by atoms with E-state index in [9.17, 15) is 0 Å². The Morgan fingerprint density at radius 1 is 1.31 bits per heavy atom. The molecule has 1 unspecified atom stereocenters. The van der Waals surface area contributed by atoms with Crippen LogP contribution in [-0.2, 0) is 4.74 Å². The Labute approximate surface area is 99.5 Å². The van der Waals surface area contributed by atoms with Crippen LogP contribution in [-0.4, -0.2) is 25.1 Å². The molecule has 2 N–H and O–H groups in total. The van der Waals surface area contributed by atoms with E-state index >= 15 is 0 Å². The maximum absolute atomic E-state index is 6.05. The number of aliphatic imine (C=N–C) groups is 1. The van der Waals surface area contributed by atoms with E-state index in [1.54, 1.807) is 0 Å². The zero-order chi connectivity index (χ0) is 11.8. The Morgan fingerprint density at radius 2 is 2.00 bits per heavy atom. The van der Waals surface area contributed by atoms with Gasteiger partial charge in [0.1, 0.15) is 11.9 Å². The molecule has 1 aliphatic carbocycles. The minimum Gasteiger partial charge on any atom is -0.385 e. The molecule has 0 aromatic carbocycles. The van der Waals surface area contributed by atoms with Crippen molar-refractivity contribution in [3.8, 4) is 0 Å². The lowest BCUT2D eigenvalue weighted by Gasteiger charge is -2.29. The number of nitrogens with two attached hydrogens (primary N) is 1. The van der Waals surface area contributed by atoms with Crippen molar-refractivity contribution >= 4 is 5.84 Å². The molecule has 0 amide bonds. The van der Waals surface area contributed by atoms with Gasteiger partial charge in [-0.25, -0.2) is 0 Å². The smallest absolute Gasteiger partial charge is 0.123 e. The number of hydrogen-bond acceptors (Lipinski definition) is 2. The van der Waals surface area contributed by atoms with Crippen LogP contribution in [0.15, 0.2) is 4.99 Å². The van der Waals surface area contributed by atoms with Crippen LogP contribution in [0.2, 0.25) is 0 Å². The highest BCUT2D eigenvalue weighted by atomic mass is 16.5. The van der Waals surface area contributed by atoms with Crippen molar-refractivity contribution in [1.29, 1.82) is 0 Å². The van der Waals surface area contributed by atoms with Crippen LogP contribution < -0.4 is 5.73 Å². The second kappa shape index (κ2) is 7.66. The Morgan fingerprint density at radius 3 is 2.56 bits per heavy atom. The van der Waals surface area contributed by atoms with E-state index in [1.165, 1.54) is 32.1 Å². The maximum Gasteiger partial charge on any atom is 0.123 e. The maximum atomic E-state index is 6.05. The molecule has 94 valence electrons. The number of hydrogen-bond donors (Lipinski definition) is 1. The fourth-order valence-electron chi connectivity index (χ4n) is 2.41. The number of rotatable bonds is 6. The molecule has 0 radical (unpaired) electrons. The van der Waals surface area contributed by atoms with Gasteiger partial charge in [0.2, 0.25) is 0 Å². The third-order valence-electron chi connectivity index (χ3n) is 3.23. The van der Waals surface area contributed by atoms with Gasteiger partial charge in [0.25, 0.3) is 0 Å². The lowest BCUT2D eigenvalue weighted by Crippen LogP contribution is -2.39. The number of amidine groups is 1. The molecular weight excluding hydrogens is 200 g/mol. The van der Waals surface area contributed by atoms with E-state index in [-0.39, 0.29) is 6.10 Å². The summed E-state index contributed by atoms with van der Waals surface area (Å²) in [6.07, 6.45) is 7.59. The zero-order valence-corrected chi connectivity index (χ0v) is 10.7. The van der Waals surface area contributed by atoms with Gasteiger partial charge in [-0.15, -0.1) is 0 Å². The van der Waals surface area contributed by atoms with E-state index in [4.69, 9.17) is 10.5 Å². The van der Waals surface area contributed by atoms with Crippen LogP contribution in [0.5, 0.6) is 0 Å². The minimum atomic E-state index is 0.0665. The lowest BCUT2D eigenvalue weighted by atomic mass is 9.84. The Bertz CT molecular complexity index is 210. The molecule has 1 rings (SSSR count).